The number of aryl methyl sites for hydroxylation is 2. The highest BCUT2D eigenvalue weighted by Crippen LogP contribution is 2.20. The van der Waals surface area contributed by atoms with Gasteiger partial charge in [0.05, 0.1) is 17.1 Å². The minimum absolute atomic E-state index is 0.121. The fraction of sp³-hybridized carbons (Fsp3) is 0.400. The molecule has 1 N–H and O–H groups in total. The van der Waals surface area contributed by atoms with Crippen LogP contribution in [-0.4, -0.2) is 61.2 Å². The number of carbonyl (C=O) groups excluding carboxylic acids is 1. The van der Waals surface area contributed by atoms with Crippen molar-refractivity contribution in [2.45, 2.75) is 25.3 Å². The molecule has 0 radical (unpaired) electrons. The lowest BCUT2D eigenvalue weighted by Crippen LogP contribution is -2.48. The molecule has 2 aromatic rings. The number of piperazine rings is 1. The molecule has 1 fully saturated rings. The summed E-state index contributed by atoms with van der Waals surface area (Å²) in [6.07, 6.45) is 1.57. The van der Waals surface area contributed by atoms with E-state index in [9.17, 15) is 13.2 Å². The van der Waals surface area contributed by atoms with Crippen molar-refractivity contribution >= 4 is 15.9 Å². The standard InChI is InChI=1S/C20H26N4O4S/c1-4-8-21-20(25)17-6-5-7-18(13-17)29(26,27)24-11-9-23(10-12-24)14-19-22-15(2)16(3)28-19/h4-7,13H,1,8-12,14H2,2-3H3,(H,21,25). The molecule has 8 nitrogen and oxygen atoms in total. The predicted molar refractivity (Wildman–Crippen MR) is 109 cm³/mol. The van der Waals surface area contributed by atoms with Gasteiger partial charge < -0.3 is 9.73 Å². The van der Waals surface area contributed by atoms with E-state index in [4.69, 9.17) is 4.42 Å². The highest BCUT2D eigenvalue weighted by atomic mass is 32.2. The van der Waals surface area contributed by atoms with Crippen molar-refractivity contribution in [3.8, 4) is 0 Å². The van der Waals surface area contributed by atoms with Crippen LogP contribution in [0.4, 0.5) is 0 Å². The molecule has 156 valence electrons. The minimum Gasteiger partial charge on any atom is -0.444 e. The van der Waals surface area contributed by atoms with Crippen LogP contribution in [0.25, 0.3) is 0 Å². The maximum atomic E-state index is 13.0. The van der Waals surface area contributed by atoms with Crippen LogP contribution in [0.1, 0.15) is 27.7 Å². The quantitative estimate of drug-likeness (QED) is 0.688. The molecule has 0 atom stereocenters. The Labute approximate surface area is 171 Å². The van der Waals surface area contributed by atoms with Crippen LogP contribution < -0.4 is 5.32 Å². The zero-order chi connectivity index (χ0) is 21.0. The van der Waals surface area contributed by atoms with Crippen molar-refractivity contribution in [3.63, 3.8) is 0 Å². The van der Waals surface area contributed by atoms with Gasteiger partial charge in [-0.15, -0.1) is 6.58 Å². The lowest BCUT2D eigenvalue weighted by molar-refractivity contribution is 0.0958. The number of benzene rings is 1. The van der Waals surface area contributed by atoms with Crippen LogP contribution in [0.2, 0.25) is 0 Å². The summed E-state index contributed by atoms with van der Waals surface area (Å²) in [4.78, 5) is 18.7. The number of nitrogens with zero attached hydrogens (tertiary/aromatic N) is 3. The van der Waals surface area contributed by atoms with Gasteiger partial charge in [0, 0.05) is 38.3 Å². The smallest absolute Gasteiger partial charge is 0.251 e. The Bertz CT molecular complexity index is 972. The first-order valence-corrected chi connectivity index (χ1v) is 10.9. The Balaban J connectivity index is 1.65. The number of aromatic nitrogens is 1. The topological polar surface area (TPSA) is 95.8 Å². The Hall–Kier alpha value is -2.49. The van der Waals surface area contributed by atoms with E-state index in [1.807, 2.05) is 13.8 Å². The first-order chi connectivity index (χ1) is 13.8. The largest absolute Gasteiger partial charge is 0.444 e. The molecule has 0 unspecified atom stereocenters. The molecule has 1 aromatic carbocycles. The van der Waals surface area contributed by atoms with E-state index in [0.29, 0.717) is 50.7 Å². The second kappa shape index (κ2) is 8.89. The average Bonchev–Trinajstić information content (AvgIpc) is 3.03. The maximum absolute atomic E-state index is 13.0. The third-order valence-corrected chi connectivity index (χ3v) is 6.80. The number of hydrogen-bond donors (Lipinski definition) is 1. The van der Waals surface area contributed by atoms with Gasteiger partial charge in [-0.05, 0) is 32.0 Å². The Morgan fingerprint density at radius 1 is 1.28 bits per heavy atom. The fourth-order valence-corrected chi connectivity index (χ4v) is 4.61. The second-order valence-electron chi connectivity index (χ2n) is 6.96. The van der Waals surface area contributed by atoms with E-state index in [2.05, 4.69) is 21.8 Å². The third-order valence-electron chi connectivity index (χ3n) is 4.90. The average molecular weight is 419 g/mol. The van der Waals surface area contributed by atoms with E-state index < -0.39 is 10.0 Å². The molecule has 0 saturated carbocycles. The number of oxazole rings is 1. The number of rotatable bonds is 7. The van der Waals surface area contributed by atoms with E-state index >= 15 is 0 Å². The molecule has 9 heteroatoms. The lowest BCUT2D eigenvalue weighted by Gasteiger charge is -2.33. The highest BCUT2D eigenvalue weighted by Gasteiger charge is 2.29. The van der Waals surface area contributed by atoms with Crippen LogP contribution in [0.5, 0.6) is 0 Å². The molecule has 29 heavy (non-hydrogen) atoms. The van der Waals surface area contributed by atoms with Crippen molar-refractivity contribution in [3.05, 3.63) is 59.8 Å². The number of sulfonamides is 1. The summed E-state index contributed by atoms with van der Waals surface area (Å²) in [7, 11) is -3.67. The van der Waals surface area contributed by atoms with Gasteiger partial charge >= 0.3 is 0 Å². The molecule has 1 amide bonds. The first kappa shape index (κ1) is 21.2. The Kier molecular flexibility index (Phi) is 6.51. The predicted octanol–water partition coefficient (Wildman–Crippen LogP) is 1.71. The number of carbonyl (C=O) groups is 1. The van der Waals surface area contributed by atoms with Gasteiger partial charge in [-0.3, -0.25) is 9.69 Å². The van der Waals surface area contributed by atoms with Gasteiger partial charge in [-0.25, -0.2) is 13.4 Å². The molecule has 1 aromatic heterocycles. The van der Waals surface area contributed by atoms with Crippen LogP contribution in [0.3, 0.4) is 0 Å². The molecular weight excluding hydrogens is 392 g/mol. The van der Waals surface area contributed by atoms with E-state index in [1.165, 1.54) is 16.4 Å². The number of amides is 1. The maximum Gasteiger partial charge on any atom is 0.251 e. The number of nitrogens with one attached hydrogen (secondary N) is 1. The minimum atomic E-state index is -3.67. The molecule has 2 heterocycles. The van der Waals surface area contributed by atoms with Crippen molar-refractivity contribution in [2.24, 2.45) is 0 Å². The zero-order valence-electron chi connectivity index (χ0n) is 16.7. The van der Waals surface area contributed by atoms with Crippen molar-refractivity contribution < 1.29 is 17.6 Å². The van der Waals surface area contributed by atoms with Gasteiger partial charge in [0.1, 0.15) is 5.76 Å². The molecule has 0 bridgehead atoms. The van der Waals surface area contributed by atoms with Gasteiger partial charge in [-0.1, -0.05) is 12.1 Å². The fourth-order valence-electron chi connectivity index (χ4n) is 3.14. The van der Waals surface area contributed by atoms with Gasteiger partial charge in [0.2, 0.25) is 15.9 Å². The summed E-state index contributed by atoms with van der Waals surface area (Å²) < 4.78 is 33.1. The van der Waals surface area contributed by atoms with E-state index in [1.54, 1.807) is 18.2 Å². The third kappa shape index (κ3) is 4.92. The first-order valence-electron chi connectivity index (χ1n) is 9.46. The van der Waals surface area contributed by atoms with Crippen molar-refractivity contribution in [2.75, 3.05) is 32.7 Å². The van der Waals surface area contributed by atoms with Crippen molar-refractivity contribution in [1.82, 2.24) is 19.5 Å². The van der Waals surface area contributed by atoms with Crippen LogP contribution in [0, 0.1) is 13.8 Å². The van der Waals surface area contributed by atoms with Crippen LogP contribution >= 0.6 is 0 Å². The van der Waals surface area contributed by atoms with Crippen molar-refractivity contribution in [1.29, 1.82) is 0 Å². The summed E-state index contributed by atoms with van der Waals surface area (Å²) in [6.45, 7) is 10.1. The second-order valence-corrected chi connectivity index (χ2v) is 8.89. The summed E-state index contributed by atoms with van der Waals surface area (Å²) >= 11 is 0. The summed E-state index contributed by atoms with van der Waals surface area (Å²) in [5, 5.41) is 2.65. The summed E-state index contributed by atoms with van der Waals surface area (Å²) in [6, 6.07) is 6.11. The molecule has 1 aliphatic rings. The molecule has 0 spiro atoms. The highest BCUT2D eigenvalue weighted by molar-refractivity contribution is 7.89. The zero-order valence-corrected chi connectivity index (χ0v) is 17.5. The Morgan fingerprint density at radius 3 is 2.62 bits per heavy atom. The van der Waals surface area contributed by atoms with Gasteiger partial charge in [0.15, 0.2) is 0 Å². The molecule has 1 saturated heterocycles. The van der Waals surface area contributed by atoms with Crippen LogP contribution in [0.15, 0.2) is 46.2 Å². The van der Waals surface area contributed by atoms with Gasteiger partial charge in [-0.2, -0.15) is 4.31 Å². The molecular formula is C20H26N4O4S. The normalized spacial score (nSPS) is 15.9. The number of hydrogen-bond acceptors (Lipinski definition) is 6. The molecule has 3 rings (SSSR count). The van der Waals surface area contributed by atoms with E-state index in [0.717, 1.165) is 11.5 Å². The molecule has 0 aliphatic carbocycles. The molecule has 1 aliphatic heterocycles. The van der Waals surface area contributed by atoms with Gasteiger partial charge in [0.25, 0.3) is 5.91 Å². The summed E-state index contributed by atoms with van der Waals surface area (Å²) in [5.41, 5.74) is 1.18. The lowest BCUT2D eigenvalue weighted by atomic mass is 10.2. The summed E-state index contributed by atoms with van der Waals surface area (Å²) in [5.74, 6) is 1.12. The monoisotopic (exact) mass is 418 g/mol. The van der Waals surface area contributed by atoms with E-state index in [-0.39, 0.29) is 10.8 Å². The SMILES string of the molecule is C=CCNC(=O)c1cccc(S(=O)(=O)N2CCN(Cc3nc(C)c(C)o3)CC2)c1. The van der Waals surface area contributed by atoms with Crippen LogP contribution in [-0.2, 0) is 16.6 Å². The Morgan fingerprint density at radius 2 is 2.00 bits per heavy atom.